The Morgan fingerprint density at radius 2 is 1.04 bits per heavy atom. The van der Waals surface area contributed by atoms with Gasteiger partial charge in [0.25, 0.3) is 0 Å². The molecule has 1 aromatic heterocycles. The fraction of sp³-hybridized carbons (Fsp3) is 0.0909. The molecule has 0 saturated carbocycles. The maximum absolute atomic E-state index is 9.24. The van der Waals surface area contributed by atoms with Gasteiger partial charge < -0.3 is 0 Å². The van der Waals surface area contributed by atoms with Gasteiger partial charge in [0.15, 0.2) is 9.95 Å². The largest absolute Gasteiger partial charge is 0.385 e. The smallest absolute Gasteiger partial charge is 0.244 e. The monoisotopic (exact) mass is 362 g/mol. The quantitative estimate of drug-likeness (QED) is 0.175. The molecule has 1 heterocycles. The summed E-state index contributed by atoms with van der Waals surface area (Å²) in [5, 5.41) is 22.1. The molecular formula is C22H14N6+2. The number of nitrogens with zero attached hydrogens (tertiary/aromatic N) is 6. The number of hydrogen-bond donors (Lipinski definition) is 0. The zero-order valence-electron chi connectivity index (χ0n) is 15.3. The van der Waals surface area contributed by atoms with Crippen molar-refractivity contribution in [1.29, 1.82) is 10.8 Å². The van der Waals surface area contributed by atoms with Crippen LogP contribution in [0.2, 0.25) is 0 Å². The molecule has 0 unspecified atom stereocenters. The normalized spacial score (nSPS) is 11.1. The Balaban J connectivity index is 2.10. The first-order chi connectivity index (χ1) is 13.6. The highest BCUT2D eigenvalue weighted by Gasteiger charge is 2.18. The van der Waals surface area contributed by atoms with Gasteiger partial charge in [-0.3, -0.25) is 0 Å². The third-order valence-electron chi connectivity index (χ3n) is 5.32. The Labute approximate surface area is 159 Å². The Bertz CT molecular complexity index is 1440. The van der Waals surface area contributed by atoms with Crippen LogP contribution in [-0.2, 0) is 0 Å². The van der Waals surface area contributed by atoms with Crippen molar-refractivity contribution in [3.05, 3.63) is 69.6 Å². The van der Waals surface area contributed by atoms with Crippen LogP contribution in [0.4, 0.5) is 11.4 Å². The standard InChI is InChI=1S/C22H14N6/c1-11-7-19-20(8-12(11)2)26-22-18-10-14(28-24)4-6-16(18)15-5-3-13(27-23)9-17(15)21(22)25-19/h3-10H,1-2H3/q+2. The molecule has 0 spiro atoms. The molecule has 6 heteroatoms. The molecule has 0 amide bonds. The summed E-state index contributed by atoms with van der Waals surface area (Å²) in [6.45, 7) is 4.11. The fourth-order valence-electron chi connectivity index (χ4n) is 3.74. The second-order valence-electron chi connectivity index (χ2n) is 7.01. The summed E-state index contributed by atoms with van der Waals surface area (Å²) in [5.41, 5.74) is 6.28. The van der Waals surface area contributed by atoms with Crippen LogP contribution < -0.4 is 0 Å². The lowest BCUT2D eigenvalue weighted by atomic mass is 9.98. The maximum atomic E-state index is 9.24. The molecule has 0 aliphatic carbocycles. The Morgan fingerprint density at radius 1 is 0.607 bits per heavy atom. The van der Waals surface area contributed by atoms with E-state index in [-0.39, 0.29) is 0 Å². The van der Waals surface area contributed by atoms with E-state index < -0.39 is 0 Å². The first-order valence-electron chi connectivity index (χ1n) is 8.87. The van der Waals surface area contributed by atoms with Crippen molar-refractivity contribution in [2.45, 2.75) is 13.8 Å². The number of hydrogen-bond acceptors (Lipinski definition) is 4. The SMILES string of the molecule is Cc1cc2nc3c4cc([N+]#N)ccc4c4ccc([N+]#N)cc4c3nc2cc1C. The van der Waals surface area contributed by atoms with Crippen molar-refractivity contribution in [3.8, 4) is 0 Å². The Kier molecular flexibility index (Phi) is 3.25. The lowest BCUT2D eigenvalue weighted by Crippen LogP contribution is -1.93. The van der Waals surface area contributed by atoms with Crippen molar-refractivity contribution in [1.82, 2.24) is 9.97 Å². The van der Waals surface area contributed by atoms with E-state index in [9.17, 15) is 10.8 Å². The molecule has 0 saturated heterocycles. The highest BCUT2D eigenvalue weighted by Crippen LogP contribution is 2.37. The summed E-state index contributed by atoms with van der Waals surface area (Å²) in [5.74, 6) is 0. The zero-order chi connectivity index (χ0) is 19.4. The van der Waals surface area contributed by atoms with Crippen LogP contribution in [0.3, 0.4) is 0 Å². The van der Waals surface area contributed by atoms with Crippen molar-refractivity contribution in [3.63, 3.8) is 0 Å². The molecule has 0 radical (unpaired) electrons. The lowest BCUT2D eigenvalue weighted by molar-refractivity contribution is 1.32. The highest BCUT2D eigenvalue weighted by atomic mass is 14.9. The first-order valence-corrected chi connectivity index (χ1v) is 8.87. The van der Waals surface area contributed by atoms with E-state index >= 15 is 0 Å². The number of fused-ring (bicyclic) bond motifs is 7. The van der Waals surface area contributed by atoms with Gasteiger partial charge in [-0.25, -0.2) is 9.97 Å². The molecule has 0 bridgehead atoms. The molecule has 28 heavy (non-hydrogen) atoms. The van der Waals surface area contributed by atoms with Gasteiger partial charge in [-0.15, -0.1) is 0 Å². The second-order valence-corrected chi connectivity index (χ2v) is 7.01. The molecule has 130 valence electrons. The summed E-state index contributed by atoms with van der Waals surface area (Å²) in [7, 11) is 0. The summed E-state index contributed by atoms with van der Waals surface area (Å²) in [6.07, 6.45) is 0. The molecular weight excluding hydrogens is 348 g/mol. The molecule has 0 fully saturated rings. The minimum absolute atomic E-state index is 0.456. The van der Waals surface area contributed by atoms with Crippen LogP contribution in [0.25, 0.3) is 53.6 Å². The minimum atomic E-state index is 0.456. The van der Waals surface area contributed by atoms with E-state index in [4.69, 9.17) is 9.97 Å². The van der Waals surface area contributed by atoms with Crippen molar-refractivity contribution >= 4 is 55.0 Å². The Hall–Kier alpha value is -4.16. The van der Waals surface area contributed by atoms with Gasteiger partial charge in [-0.05, 0) is 60.0 Å². The molecule has 0 aliphatic heterocycles. The zero-order valence-corrected chi connectivity index (χ0v) is 15.3. The molecule has 5 aromatic rings. The third-order valence-corrected chi connectivity index (χ3v) is 5.32. The lowest BCUT2D eigenvalue weighted by Gasteiger charge is -2.10. The molecule has 5 rings (SSSR count). The van der Waals surface area contributed by atoms with Gasteiger partial charge in [0, 0.05) is 35.0 Å². The molecule has 0 atom stereocenters. The summed E-state index contributed by atoms with van der Waals surface area (Å²) >= 11 is 0. The van der Waals surface area contributed by atoms with Crippen molar-refractivity contribution < 1.29 is 0 Å². The molecule has 0 aliphatic rings. The van der Waals surface area contributed by atoms with Gasteiger partial charge >= 0.3 is 11.4 Å². The van der Waals surface area contributed by atoms with E-state index in [2.05, 4.69) is 23.8 Å². The maximum Gasteiger partial charge on any atom is 0.385 e. The number of aromatic nitrogens is 2. The number of aryl methyl sites for hydroxylation is 2. The van der Waals surface area contributed by atoms with Crippen LogP contribution in [0.1, 0.15) is 11.1 Å². The summed E-state index contributed by atoms with van der Waals surface area (Å²) < 4.78 is 0. The molecule has 0 N–H and O–H groups in total. The highest BCUT2D eigenvalue weighted by molar-refractivity contribution is 6.24. The van der Waals surface area contributed by atoms with Crippen molar-refractivity contribution in [2.24, 2.45) is 0 Å². The first kappa shape index (κ1) is 16.0. The number of diazo groups is 2. The van der Waals surface area contributed by atoms with E-state index in [0.29, 0.717) is 11.4 Å². The van der Waals surface area contributed by atoms with Crippen LogP contribution in [0.15, 0.2) is 48.5 Å². The fourth-order valence-corrected chi connectivity index (χ4v) is 3.74. The average molecular weight is 362 g/mol. The Morgan fingerprint density at radius 3 is 1.43 bits per heavy atom. The van der Waals surface area contributed by atoms with E-state index in [1.807, 2.05) is 36.4 Å². The summed E-state index contributed by atoms with van der Waals surface area (Å²) in [4.78, 5) is 16.5. The summed E-state index contributed by atoms with van der Waals surface area (Å²) in [6, 6.07) is 15.0. The van der Waals surface area contributed by atoms with Crippen molar-refractivity contribution in [2.75, 3.05) is 0 Å². The van der Waals surface area contributed by atoms with E-state index in [1.165, 1.54) is 0 Å². The van der Waals surface area contributed by atoms with Gasteiger partial charge in [-0.1, -0.05) is 0 Å². The van der Waals surface area contributed by atoms with Crippen LogP contribution in [0.5, 0.6) is 0 Å². The van der Waals surface area contributed by atoms with E-state index in [0.717, 1.165) is 54.7 Å². The topological polar surface area (TPSA) is 82.1 Å². The van der Waals surface area contributed by atoms with Crippen LogP contribution >= 0.6 is 0 Å². The predicted octanol–water partition coefficient (Wildman–Crippen LogP) is 6.68. The van der Waals surface area contributed by atoms with Gasteiger partial charge in [0.1, 0.15) is 0 Å². The average Bonchev–Trinajstić information content (AvgIpc) is 2.73. The van der Waals surface area contributed by atoms with Gasteiger partial charge in [-0.2, -0.15) is 0 Å². The molecule has 6 nitrogen and oxygen atoms in total. The van der Waals surface area contributed by atoms with Crippen LogP contribution in [0, 0.1) is 24.6 Å². The predicted molar refractivity (Wildman–Crippen MR) is 111 cm³/mol. The van der Waals surface area contributed by atoms with Gasteiger partial charge in [0.05, 0.1) is 22.1 Å². The van der Waals surface area contributed by atoms with Gasteiger partial charge in [0.2, 0.25) is 10.8 Å². The number of benzene rings is 4. The van der Waals surface area contributed by atoms with E-state index in [1.54, 1.807) is 12.1 Å². The second kappa shape index (κ2) is 5.67. The minimum Gasteiger partial charge on any atom is -0.244 e. The number of rotatable bonds is 0. The third kappa shape index (κ3) is 2.19. The van der Waals surface area contributed by atoms with Crippen LogP contribution in [-0.4, -0.2) is 9.97 Å². The molecule has 4 aromatic carbocycles.